The number of methoxy groups -OCH3 is 2. The second-order valence-corrected chi connectivity index (χ2v) is 9.02. The zero-order valence-corrected chi connectivity index (χ0v) is 21.4. The van der Waals surface area contributed by atoms with Crippen LogP contribution in [0, 0.1) is 0 Å². The van der Waals surface area contributed by atoms with Gasteiger partial charge in [0.15, 0.2) is 11.5 Å². The normalized spacial score (nSPS) is 10.7. The SMILES string of the molecule is CCOC(=O)c1c(-c2ccc(OC)c(OC)c2)csc1NC(=O)c1cc2cc(Br)ccc2oc1=O. The van der Waals surface area contributed by atoms with E-state index in [1.807, 2.05) is 0 Å². The molecule has 1 N–H and O–H groups in total. The monoisotopic (exact) mass is 557 g/mol. The fourth-order valence-corrected chi connectivity index (χ4v) is 4.83. The van der Waals surface area contributed by atoms with Crippen molar-refractivity contribution < 1.29 is 28.2 Å². The Bertz CT molecular complexity index is 1490. The Labute approximate surface area is 212 Å². The summed E-state index contributed by atoms with van der Waals surface area (Å²) in [6, 6.07) is 11.8. The summed E-state index contributed by atoms with van der Waals surface area (Å²) in [5, 5.41) is 5.22. The van der Waals surface area contributed by atoms with Gasteiger partial charge >= 0.3 is 11.6 Å². The Morgan fingerprint density at radius 3 is 2.54 bits per heavy atom. The molecule has 0 saturated carbocycles. The molecule has 0 aliphatic heterocycles. The van der Waals surface area contributed by atoms with E-state index in [-0.39, 0.29) is 22.7 Å². The molecule has 0 aliphatic carbocycles. The standard InChI is InChI=1S/C25H20BrNO7S/c1-4-33-25(30)21-17(13-5-7-19(31-2)20(11-13)32-3)12-35-23(21)27-22(28)16-10-14-9-15(26)6-8-18(14)34-24(16)29/h5-12H,4H2,1-3H3,(H,27,28). The minimum absolute atomic E-state index is 0.149. The van der Waals surface area contributed by atoms with Crippen LogP contribution in [-0.4, -0.2) is 32.7 Å². The summed E-state index contributed by atoms with van der Waals surface area (Å²) in [4.78, 5) is 38.4. The molecule has 0 unspecified atom stereocenters. The second kappa shape index (κ2) is 10.3. The maximum atomic E-state index is 13.1. The number of halogens is 1. The first kappa shape index (κ1) is 24.5. The van der Waals surface area contributed by atoms with Crippen LogP contribution in [0.4, 0.5) is 5.00 Å². The van der Waals surface area contributed by atoms with Crippen LogP contribution < -0.4 is 20.4 Å². The maximum absolute atomic E-state index is 13.1. The smallest absolute Gasteiger partial charge is 0.349 e. The number of thiophene rings is 1. The van der Waals surface area contributed by atoms with Crippen LogP contribution in [0.2, 0.25) is 0 Å². The predicted octanol–water partition coefficient (Wildman–Crippen LogP) is 5.73. The summed E-state index contributed by atoms with van der Waals surface area (Å²) < 4.78 is 22.0. The Morgan fingerprint density at radius 1 is 1.06 bits per heavy atom. The molecule has 4 rings (SSSR count). The third-order valence-electron chi connectivity index (χ3n) is 5.13. The van der Waals surface area contributed by atoms with E-state index in [1.165, 1.54) is 20.3 Å². The average molecular weight is 558 g/mol. The summed E-state index contributed by atoms with van der Waals surface area (Å²) in [6.07, 6.45) is 0. The van der Waals surface area contributed by atoms with Crippen molar-refractivity contribution in [2.75, 3.05) is 26.1 Å². The van der Waals surface area contributed by atoms with Crippen molar-refractivity contribution in [3.05, 3.63) is 73.9 Å². The molecule has 10 heteroatoms. The van der Waals surface area contributed by atoms with Crippen molar-refractivity contribution in [1.82, 2.24) is 0 Å². The topological polar surface area (TPSA) is 104 Å². The van der Waals surface area contributed by atoms with Gasteiger partial charge < -0.3 is 23.9 Å². The van der Waals surface area contributed by atoms with E-state index in [4.69, 9.17) is 18.6 Å². The molecule has 4 aromatic rings. The van der Waals surface area contributed by atoms with Crippen LogP contribution in [0.1, 0.15) is 27.6 Å². The van der Waals surface area contributed by atoms with Crippen molar-refractivity contribution in [2.24, 2.45) is 0 Å². The van der Waals surface area contributed by atoms with E-state index in [9.17, 15) is 14.4 Å². The highest BCUT2D eigenvalue weighted by molar-refractivity contribution is 9.10. The van der Waals surface area contributed by atoms with Crippen molar-refractivity contribution >= 4 is 55.1 Å². The summed E-state index contributed by atoms with van der Waals surface area (Å²) >= 11 is 4.50. The molecule has 0 radical (unpaired) electrons. The number of hydrogen-bond donors (Lipinski definition) is 1. The molecule has 2 aromatic carbocycles. The van der Waals surface area contributed by atoms with Crippen LogP contribution in [0.3, 0.4) is 0 Å². The number of amides is 1. The molecule has 1 amide bonds. The largest absolute Gasteiger partial charge is 0.493 e. The number of ether oxygens (including phenoxy) is 3. The van der Waals surface area contributed by atoms with E-state index in [0.717, 1.165) is 15.8 Å². The highest BCUT2D eigenvalue weighted by atomic mass is 79.9. The molecule has 180 valence electrons. The number of rotatable bonds is 7. The van der Waals surface area contributed by atoms with E-state index in [2.05, 4.69) is 21.2 Å². The predicted molar refractivity (Wildman–Crippen MR) is 137 cm³/mol. The number of anilines is 1. The van der Waals surface area contributed by atoms with Crippen molar-refractivity contribution in [3.8, 4) is 22.6 Å². The molecule has 2 heterocycles. The molecule has 2 aromatic heterocycles. The van der Waals surface area contributed by atoms with Gasteiger partial charge in [-0.05, 0) is 48.9 Å². The van der Waals surface area contributed by atoms with Gasteiger partial charge in [0.1, 0.15) is 21.7 Å². The average Bonchev–Trinajstić information content (AvgIpc) is 3.27. The van der Waals surface area contributed by atoms with E-state index >= 15 is 0 Å². The molecule has 0 spiro atoms. The molecular weight excluding hydrogens is 538 g/mol. The fourth-order valence-electron chi connectivity index (χ4n) is 3.50. The minimum atomic E-state index is -0.785. The molecular formula is C25H20BrNO7S. The van der Waals surface area contributed by atoms with Crippen molar-refractivity contribution in [2.45, 2.75) is 6.92 Å². The fraction of sp³-hybridized carbons (Fsp3) is 0.160. The summed E-state index contributed by atoms with van der Waals surface area (Å²) in [6.45, 7) is 1.84. The number of nitrogens with one attached hydrogen (secondary N) is 1. The van der Waals surface area contributed by atoms with Crippen molar-refractivity contribution in [1.29, 1.82) is 0 Å². The summed E-state index contributed by atoms with van der Waals surface area (Å²) in [5.41, 5.74) is 0.758. The van der Waals surface area contributed by atoms with E-state index in [0.29, 0.717) is 33.6 Å². The third-order valence-corrected chi connectivity index (χ3v) is 6.52. The van der Waals surface area contributed by atoms with E-state index < -0.39 is 17.5 Å². The molecule has 0 saturated heterocycles. The van der Waals surface area contributed by atoms with Crippen LogP contribution in [-0.2, 0) is 4.74 Å². The van der Waals surface area contributed by atoms with Gasteiger partial charge in [0.25, 0.3) is 5.91 Å². The highest BCUT2D eigenvalue weighted by Crippen LogP contribution is 2.39. The molecule has 8 nitrogen and oxygen atoms in total. The zero-order valence-electron chi connectivity index (χ0n) is 19.0. The van der Waals surface area contributed by atoms with Crippen LogP contribution in [0.15, 0.2) is 61.5 Å². The third kappa shape index (κ3) is 4.94. The van der Waals surface area contributed by atoms with Gasteiger partial charge in [-0.15, -0.1) is 11.3 Å². The first-order valence-electron chi connectivity index (χ1n) is 10.4. The molecule has 0 bridgehead atoms. The summed E-state index contributed by atoms with van der Waals surface area (Å²) in [5.74, 6) is -0.293. The first-order chi connectivity index (χ1) is 16.9. The Balaban J connectivity index is 1.75. The number of carbonyl (C=O) groups is 2. The molecule has 0 aliphatic rings. The van der Waals surface area contributed by atoms with Crippen LogP contribution >= 0.6 is 27.3 Å². The number of esters is 1. The lowest BCUT2D eigenvalue weighted by Crippen LogP contribution is -2.21. The lowest BCUT2D eigenvalue weighted by molar-refractivity contribution is 0.0529. The lowest BCUT2D eigenvalue weighted by Gasteiger charge is -2.11. The molecule has 35 heavy (non-hydrogen) atoms. The Kier molecular flexibility index (Phi) is 7.23. The van der Waals surface area contributed by atoms with Gasteiger partial charge in [-0.1, -0.05) is 22.0 Å². The van der Waals surface area contributed by atoms with Gasteiger partial charge in [-0.2, -0.15) is 0 Å². The van der Waals surface area contributed by atoms with Gasteiger partial charge in [-0.25, -0.2) is 9.59 Å². The Hall–Kier alpha value is -3.63. The van der Waals surface area contributed by atoms with Crippen LogP contribution in [0.25, 0.3) is 22.1 Å². The number of benzene rings is 2. The van der Waals surface area contributed by atoms with Gasteiger partial charge in [0.05, 0.1) is 20.8 Å². The maximum Gasteiger partial charge on any atom is 0.349 e. The molecule has 0 atom stereocenters. The Morgan fingerprint density at radius 2 is 1.83 bits per heavy atom. The van der Waals surface area contributed by atoms with Gasteiger partial charge in [-0.3, -0.25) is 4.79 Å². The number of carbonyl (C=O) groups excluding carboxylic acids is 2. The highest BCUT2D eigenvalue weighted by Gasteiger charge is 2.25. The first-order valence-corrected chi connectivity index (χ1v) is 12.1. The van der Waals surface area contributed by atoms with Crippen molar-refractivity contribution in [3.63, 3.8) is 0 Å². The van der Waals surface area contributed by atoms with Gasteiger partial charge in [0, 0.05) is 20.8 Å². The van der Waals surface area contributed by atoms with Gasteiger partial charge in [0.2, 0.25) is 0 Å². The zero-order chi connectivity index (χ0) is 25.1. The summed E-state index contributed by atoms with van der Waals surface area (Å²) in [7, 11) is 3.04. The number of fused-ring (bicyclic) bond motifs is 1. The minimum Gasteiger partial charge on any atom is -0.493 e. The van der Waals surface area contributed by atoms with E-state index in [1.54, 1.807) is 48.7 Å². The molecule has 0 fully saturated rings. The van der Waals surface area contributed by atoms with Crippen LogP contribution in [0.5, 0.6) is 11.5 Å². The second-order valence-electron chi connectivity index (χ2n) is 7.23. The quantitative estimate of drug-likeness (QED) is 0.228. The number of hydrogen-bond acceptors (Lipinski definition) is 8. The lowest BCUT2D eigenvalue weighted by atomic mass is 10.0.